The number of nitrogens with zero attached hydrogens (tertiary/aromatic N) is 1. The van der Waals surface area contributed by atoms with Gasteiger partial charge in [-0.2, -0.15) is 0 Å². The standard InChI is InChI=1S/C36H57NO4/c1-23-18-33-34(37(22-23)14-16-39-17-15-38)25(3)36(41-33)13-11-29-30-9-8-26-19-28(40-27-6-5-7-27)10-12-35(26,4)32(30)20-31(29)24(2)21-36/h8,23,25,27-30,32-34,38H,5-7,9-22H2,1-4H3/t23-,25+,28-,29-,30-,32-,33+,34-,35-,36-/m0/s1. The molecular formula is C36H57NO4. The van der Waals surface area contributed by atoms with Gasteiger partial charge in [-0.25, -0.2) is 0 Å². The molecule has 41 heavy (non-hydrogen) atoms. The van der Waals surface area contributed by atoms with Crippen molar-refractivity contribution >= 4 is 0 Å². The molecule has 0 radical (unpaired) electrons. The summed E-state index contributed by atoms with van der Waals surface area (Å²) in [6.07, 6.45) is 19.2. The lowest BCUT2D eigenvalue weighted by Crippen LogP contribution is -2.52. The van der Waals surface area contributed by atoms with Crippen LogP contribution in [0.25, 0.3) is 0 Å². The van der Waals surface area contributed by atoms with E-state index < -0.39 is 0 Å². The lowest BCUT2D eigenvalue weighted by atomic mass is 9.56. The first-order chi connectivity index (χ1) is 19.8. The molecule has 0 unspecified atom stereocenters. The number of rotatable bonds is 7. The van der Waals surface area contributed by atoms with E-state index in [0.717, 1.165) is 37.3 Å². The summed E-state index contributed by atoms with van der Waals surface area (Å²) in [7, 11) is 0. The molecule has 5 aliphatic carbocycles. The van der Waals surface area contributed by atoms with Crippen LogP contribution in [0.4, 0.5) is 0 Å². The van der Waals surface area contributed by atoms with Crippen LogP contribution in [0.15, 0.2) is 22.8 Å². The number of piperidine rings is 1. The number of fused-ring (bicyclic) bond motifs is 6. The van der Waals surface area contributed by atoms with Gasteiger partial charge in [-0.15, -0.1) is 0 Å². The molecule has 2 heterocycles. The minimum Gasteiger partial charge on any atom is -0.394 e. The van der Waals surface area contributed by atoms with Gasteiger partial charge >= 0.3 is 0 Å². The third-order valence-electron chi connectivity index (χ3n) is 13.4. The number of aliphatic hydroxyl groups excluding tert-OH is 1. The molecule has 230 valence electrons. The van der Waals surface area contributed by atoms with Gasteiger partial charge in [-0.3, -0.25) is 4.90 Å². The maximum atomic E-state index is 9.14. The Hall–Kier alpha value is -0.720. The van der Waals surface area contributed by atoms with Crippen molar-refractivity contribution in [3.05, 3.63) is 22.8 Å². The molecule has 5 nitrogen and oxygen atoms in total. The van der Waals surface area contributed by atoms with E-state index in [1.165, 1.54) is 70.6 Å². The Morgan fingerprint density at radius 1 is 1.07 bits per heavy atom. The second kappa shape index (κ2) is 11.3. The van der Waals surface area contributed by atoms with Crippen LogP contribution in [0.3, 0.4) is 0 Å². The normalized spacial score (nSPS) is 46.4. The van der Waals surface area contributed by atoms with Gasteiger partial charge in [-0.05, 0) is 113 Å². The topological polar surface area (TPSA) is 51.2 Å². The van der Waals surface area contributed by atoms with Crippen LogP contribution in [0.2, 0.25) is 0 Å². The lowest BCUT2D eigenvalue weighted by Gasteiger charge is -2.50. The highest BCUT2D eigenvalue weighted by Gasteiger charge is 2.59. The number of allylic oxidation sites excluding steroid dienone is 2. The van der Waals surface area contributed by atoms with Crippen molar-refractivity contribution in [2.45, 2.75) is 135 Å². The van der Waals surface area contributed by atoms with Gasteiger partial charge < -0.3 is 19.3 Å². The van der Waals surface area contributed by atoms with E-state index in [4.69, 9.17) is 19.3 Å². The van der Waals surface area contributed by atoms with E-state index in [1.807, 2.05) is 5.57 Å². The Kier molecular flexibility index (Phi) is 8.02. The van der Waals surface area contributed by atoms with Gasteiger partial charge in [-0.1, -0.05) is 43.6 Å². The fraction of sp³-hybridized carbons (Fsp3) is 0.889. The molecule has 7 aliphatic rings. The Bertz CT molecular complexity index is 1030. The van der Waals surface area contributed by atoms with Crippen LogP contribution in [0, 0.1) is 35.0 Å². The van der Waals surface area contributed by atoms with Crippen LogP contribution in [-0.4, -0.2) is 72.9 Å². The molecular weight excluding hydrogens is 510 g/mol. The van der Waals surface area contributed by atoms with Gasteiger partial charge in [0.2, 0.25) is 0 Å². The lowest BCUT2D eigenvalue weighted by molar-refractivity contribution is -0.0814. The first-order valence-electron chi connectivity index (χ1n) is 17.5. The van der Waals surface area contributed by atoms with E-state index in [9.17, 15) is 0 Å². The first kappa shape index (κ1) is 29.0. The summed E-state index contributed by atoms with van der Waals surface area (Å²) in [6.45, 7) is 13.3. The monoisotopic (exact) mass is 567 g/mol. The van der Waals surface area contributed by atoms with Crippen LogP contribution in [-0.2, 0) is 14.2 Å². The SMILES string of the molecule is CC1=C2C[C@H]3[C@@H](CC=C4C[C@@H](OC5CCC5)CC[C@@]43C)[C@@H]2CC[C@@]2(C1)O[C@@H]1C[C@H](C)CN(CCOCCO)[C@H]1[C@H]2C. The third-order valence-corrected chi connectivity index (χ3v) is 13.4. The van der Waals surface area contributed by atoms with Crippen LogP contribution < -0.4 is 0 Å². The van der Waals surface area contributed by atoms with Crippen molar-refractivity contribution in [2.75, 3.05) is 32.9 Å². The molecule has 1 spiro atoms. The predicted molar refractivity (Wildman–Crippen MR) is 163 cm³/mol. The molecule has 0 aromatic rings. The number of aliphatic hydroxyl groups is 1. The maximum absolute atomic E-state index is 9.14. The zero-order valence-corrected chi connectivity index (χ0v) is 26.4. The highest BCUT2D eigenvalue weighted by Crippen LogP contribution is 2.64. The van der Waals surface area contributed by atoms with Crippen LogP contribution in [0.5, 0.6) is 0 Å². The quantitative estimate of drug-likeness (QED) is 0.274. The Morgan fingerprint density at radius 3 is 2.71 bits per heavy atom. The van der Waals surface area contributed by atoms with Crippen molar-refractivity contribution in [3.63, 3.8) is 0 Å². The van der Waals surface area contributed by atoms with Gasteiger partial charge in [0.25, 0.3) is 0 Å². The summed E-state index contributed by atoms with van der Waals surface area (Å²) in [4.78, 5) is 2.68. The molecule has 2 aliphatic heterocycles. The molecule has 5 fully saturated rings. The Labute approximate surface area is 249 Å². The fourth-order valence-electron chi connectivity index (χ4n) is 11.1. The summed E-state index contributed by atoms with van der Waals surface area (Å²) >= 11 is 0. The third kappa shape index (κ3) is 5.02. The molecule has 7 rings (SSSR count). The van der Waals surface area contributed by atoms with E-state index in [-0.39, 0.29) is 12.2 Å². The van der Waals surface area contributed by atoms with Crippen molar-refractivity contribution in [1.29, 1.82) is 0 Å². The summed E-state index contributed by atoms with van der Waals surface area (Å²) in [5.74, 6) is 3.56. The maximum Gasteiger partial charge on any atom is 0.0765 e. The zero-order chi connectivity index (χ0) is 28.4. The summed E-state index contributed by atoms with van der Waals surface area (Å²) in [5, 5.41) is 9.14. The van der Waals surface area contributed by atoms with Gasteiger partial charge in [0.15, 0.2) is 0 Å². The first-order valence-corrected chi connectivity index (χ1v) is 17.5. The van der Waals surface area contributed by atoms with Crippen LogP contribution in [0.1, 0.15) is 105 Å². The van der Waals surface area contributed by atoms with E-state index in [2.05, 4.69) is 38.7 Å². The number of ether oxygens (including phenoxy) is 3. The summed E-state index contributed by atoms with van der Waals surface area (Å²) in [5.41, 5.74) is 5.60. The molecule has 5 heteroatoms. The second-order valence-electron chi connectivity index (χ2n) is 15.7. The Balaban J connectivity index is 1.07. The highest BCUT2D eigenvalue weighted by molar-refractivity contribution is 5.34. The largest absolute Gasteiger partial charge is 0.394 e. The van der Waals surface area contributed by atoms with Crippen molar-refractivity contribution in [3.8, 4) is 0 Å². The molecule has 1 N–H and O–H groups in total. The minimum atomic E-state index is -0.0169. The number of hydrogen-bond acceptors (Lipinski definition) is 5. The Morgan fingerprint density at radius 2 is 1.93 bits per heavy atom. The van der Waals surface area contributed by atoms with Gasteiger partial charge in [0.05, 0.1) is 43.7 Å². The van der Waals surface area contributed by atoms with E-state index >= 15 is 0 Å². The zero-order valence-electron chi connectivity index (χ0n) is 26.4. The number of likely N-dealkylation sites (tertiary alicyclic amines) is 1. The second-order valence-corrected chi connectivity index (χ2v) is 15.7. The average Bonchev–Trinajstić information content (AvgIpc) is 3.38. The fourth-order valence-corrected chi connectivity index (χ4v) is 11.1. The van der Waals surface area contributed by atoms with Crippen molar-refractivity contribution in [2.24, 2.45) is 35.0 Å². The smallest absolute Gasteiger partial charge is 0.0765 e. The molecule has 0 amide bonds. The summed E-state index contributed by atoms with van der Waals surface area (Å²) < 4.78 is 19.5. The number of hydrogen-bond donors (Lipinski definition) is 1. The van der Waals surface area contributed by atoms with E-state index in [0.29, 0.717) is 54.8 Å². The molecule has 0 aromatic carbocycles. The predicted octanol–water partition coefficient (Wildman–Crippen LogP) is 6.69. The molecule has 3 saturated carbocycles. The summed E-state index contributed by atoms with van der Waals surface area (Å²) in [6, 6.07) is 0.490. The molecule has 0 bridgehead atoms. The van der Waals surface area contributed by atoms with Crippen LogP contribution >= 0.6 is 0 Å². The minimum absolute atomic E-state index is 0.0169. The average molecular weight is 568 g/mol. The van der Waals surface area contributed by atoms with E-state index in [1.54, 1.807) is 11.1 Å². The van der Waals surface area contributed by atoms with Crippen molar-refractivity contribution in [1.82, 2.24) is 4.90 Å². The molecule has 10 atom stereocenters. The molecule has 0 aromatic heterocycles. The van der Waals surface area contributed by atoms with Gasteiger partial charge in [0.1, 0.15) is 0 Å². The molecule has 2 saturated heterocycles. The van der Waals surface area contributed by atoms with Gasteiger partial charge in [0, 0.05) is 25.0 Å². The van der Waals surface area contributed by atoms with Crippen molar-refractivity contribution < 1.29 is 19.3 Å². The highest BCUT2D eigenvalue weighted by atomic mass is 16.5.